The summed E-state index contributed by atoms with van der Waals surface area (Å²) in [7, 11) is 0. The summed E-state index contributed by atoms with van der Waals surface area (Å²) >= 11 is 0. The number of hydrogen-bond donors (Lipinski definition) is 2. The van der Waals surface area contributed by atoms with Crippen molar-refractivity contribution in [1.82, 2.24) is 0 Å². The van der Waals surface area contributed by atoms with Gasteiger partial charge in [-0.15, -0.1) is 0 Å². The van der Waals surface area contributed by atoms with Gasteiger partial charge in [-0.1, -0.05) is 18.2 Å². The molecule has 0 saturated heterocycles. The number of carbonyl (C=O) groups excluding carboxylic acids is 2. The molecule has 0 spiro atoms. The molecule has 0 saturated carbocycles. The molecule has 15 heavy (non-hydrogen) atoms. The predicted molar refractivity (Wildman–Crippen MR) is 57.1 cm³/mol. The summed E-state index contributed by atoms with van der Waals surface area (Å²) in [6.45, 7) is 1.40. The van der Waals surface area contributed by atoms with E-state index in [9.17, 15) is 9.59 Å². The largest absolute Gasteiger partial charge is 0.366 e. The molecule has 0 aliphatic heterocycles. The van der Waals surface area contributed by atoms with Crippen LogP contribution in [-0.4, -0.2) is 17.4 Å². The van der Waals surface area contributed by atoms with Crippen molar-refractivity contribution in [1.29, 1.82) is 5.41 Å². The molecular weight excluding hydrogens is 192 g/mol. The predicted octanol–water partition coefficient (Wildman–Crippen LogP) is 1.13. The number of amides is 1. The SMILES string of the molecule is CC(=O)CC(=N)c1ccccc1C(N)=O. The van der Waals surface area contributed by atoms with Crippen molar-refractivity contribution < 1.29 is 9.59 Å². The zero-order valence-electron chi connectivity index (χ0n) is 8.41. The van der Waals surface area contributed by atoms with Gasteiger partial charge in [-0.05, 0) is 13.0 Å². The highest BCUT2D eigenvalue weighted by molar-refractivity contribution is 6.14. The van der Waals surface area contributed by atoms with E-state index in [1.165, 1.54) is 6.92 Å². The van der Waals surface area contributed by atoms with Crippen LogP contribution >= 0.6 is 0 Å². The molecule has 4 nitrogen and oxygen atoms in total. The number of ketones is 1. The maximum Gasteiger partial charge on any atom is 0.249 e. The summed E-state index contributed by atoms with van der Waals surface area (Å²) in [5.41, 5.74) is 6.00. The average molecular weight is 204 g/mol. The van der Waals surface area contributed by atoms with Crippen LogP contribution in [0.3, 0.4) is 0 Å². The topological polar surface area (TPSA) is 84.0 Å². The zero-order valence-corrected chi connectivity index (χ0v) is 8.41. The van der Waals surface area contributed by atoms with E-state index in [4.69, 9.17) is 11.1 Å². The number of nitrogens with one attached hydrogen (secondary N) is 1. The fourth-order valence-electron chi connectivity index (χ4n) is 1.31. The quantitative estimate of drug-likeness (QED) is 0.720. The number of nitrogens with two attached hydrogens (primary N) is 1. The number of hydrogen-bond acceptors (Lipinski definition) is 3. The van der Waals surface area contributed by atoms with Crippen LogP contribution in [0.2, 0.25) is 0 Å². The third-order valence-corrected chi connectivity index (χ3v) is 1.94. The standard InChI is InChI=1S/C11H12N2O2/c1-7(14)6-10(12)8-4-2-3-5-9(8)11(13)15/h2-5,12H,6H2,1H3,(H2,13,15). The van der Waals surface area contributed by atoms with E-state index >= 15 is 0 Å². The van der Waals surface area contributed by atoms with Crippen molar-refractivity contribution in [3.05, 3.63) is 35.4 Å². The number of rotatable bonds is 4. The molecule has 4 heteroatoms. The molecule has 1 rings (SSSR count). The summed E-state index contributed by atoms with van der Waals surface area (Å²) in [4.78, 5) is 21.9. The highest BCUT2D eigenvalue weighted by Gasteiger charge is 2.12. The maximum atomic E-state index is 11.1. The van der Waals surface area contributed by atoms with Crippen molar-refractivity contribution in [3.63, 3.8) is 0 Å². The minimum atomic E-state index is -0.584. The molecule has 3 N–H and O–H groups in total. The maximum absolute atomic E-state index is 11.1. The summed E-state index contributed by atoms with van der Waals surface area (Å²) in [5, 5.41) is 7.67. The smallest absolute Gasteiger partial charge is 0.249 e. The lowest BCUT2D eigenvalue weighted by Crippen LogP contribution is -2.17. The van der Waals surface area contributed by atoms with Crippen LogP contribution in [0.1, 0.15) is 29.3 Å². The van der Waals surface area contributed by atoms with E-state index in [1.54, 1.807) is 24.3 Å². The van der Waals surface area contributed by atoms with E-state index in [0.29, 0.717) is 5.56 Å². The van der Waals surface area contributed by atoms with Crippen LogP contribution in [0.25, 0.3) is 0 Å². The first-order valence-electron chi connectivity index (χ1n) is 4.48. The Balaban J connectivity index is 3.08. The Labute approximate surface area is 87.6 Å². The fraction of sp³-hybridized carbons (Fsp3) is 0.182. The Bertz CT molecular complexity index is 424. The van der Waals surface area contributed by atoms with Crippen LogP contribution in [0.15, 0.2) is 24.3 Å². The molecule has 1 aromatic rings. The van der Waals surface area contributed by atoms with E-state index in [1.807, 2.05) is 0 Å². The van der Waals surface area contributed by atoms with Crippen molar-refractivity contribution in [3.8, 4) is 0 Å². The van der Waals surface area contributed by atoms with Gasteiger partial charge >= 0.3 is 0 Å². The summed E-state index contributed by atoms with van der Waals surface area (Å²) in [5.74, 6) is -0.696. The first-order chi connectivity index (χ1) is 7.02. The van der Waals surface area contributed by atoms with Crippen LogP contribution in [0.5, 0.6) is 0 Å². The molecule has 0 aromatic heterocycles. The van der Waals surface area contributed by atoms with E-state index < -0.39 is 5.91 Å². The molecule has 0 bridgehead atoms. The van der Waals surface area contributed by atoms with Gasteiger partial charge in [0.2, 0.25) is 5.91 Å². The van der Waals surface area contributed by atoms with Gasteiger partial charge in [0, 0.05) is 23.3 Å². The van der Waals surface area contributed by atoms with Crippen LogP contribution in [0, 0.1) is 5.41 Å². The highest BCUT2D eigenvalue weighted by Crippen LogP contribution is 2.10. The van der Waals surface area contributed by atoms with E-state index in [0.717, 1.165) is 0 Å². The van der Waals surface area contributed by atoms with Gasteiger partial charge < -0.3 is 11.1 Å². The average Bonchev–Trinajstić information content (AvgIpc) is 2.16. The third-order valence-electron chi connectivity index (χ3n) is 1.94. The third kappa shape index (κ3) is 2.74. The fourth-order valence-corrected chi connectivity index (χ4v) is 1.31. The summed E-state index contributed by atoms with van der Waals surface area (Å²) < 4.78 is 0. The number of carbonyl (C=O) groups is 2. The van der Waals surface area contributed by atoms with Gasteiger partial charge in [0.05, 0.1) is 0 Å². The van der Waals surface area contributed by atoms with Gasteiger partial charge in [0.25, 0.3) is 0 Å². The Morgan fingerprint density at radius 3 is 2.27 bits per heavy atom. The molecule has 0 heterocycles. The lowest BCUT2D eigenvalue weighted by atomic mass is 9.99. The molecule has 1 amide bonds. The minimum Gasteiger partial charge on any atom is -0.366 e. The molecule has 0 unspecified atom stereocenters. The molecule has 0 fully saturated rings. The normalized spacial score (nSPS) is 9.67. The second kappa shape index (κ2) is 4.50. The molecule has 0 radical (unpaired) electrons. The van der Waals surface area contributed by atoms with Crippen molar-refractivity contribution >= 4 is 17.4 Å². The highest BCUT2D eigenvalue weighted by atomic mass is 16.1. The van der Waals surface area contributed by atoms with Crippen LogP contribution < -0.4 is 5.73 Å². The van der Waals surface area contributed by atoms with Crippen molar-refractivity contribution in [2.24, 2.45) is 5.73 Å². The number of benzene rings is 1. The second-order valence-electron chi connectivity index (χ2n) is 3.27. The van der Waals surface area contributed by atoms with Gasteiger partial charge in [0.1, 0.15) is 5.78 Å². The number of primary amides is 1. The van der Waals surface area contributed by atoms with E-state index in [2.05, 4.69) is 0 Å². The molecule has 78 valence electrons. The van der Waals surface area contributed by atoms with Gasteiger partial charge in [-0.25, -0.2) is 0 Å². The van der Waals surface area contributed by atoms with Crippen LogP contribution in [-0.2, 0) is 4.79 Å². The lowest BCUT2D eigenvalue weighted by molar-refractivity contribution is -0.115. The van der Waals surface area contributed by atoms with Crippen molar-refractivity contribution in [2.75, 3.05) is 0 Å². The Morgan fingerprint density at radius 1 is 1.27 bits per heavy atom. The van der Waals surface area contributed by atoms with Gasteiger partial charge in [-0.2, -0.15) is 0 Å². The van der Waals surface area contributed by atoms with Crippen LogP contribution in [0.4, 0.5) is 0 Å². The molecule has 0 aliphatic carbocycles. The minimum absolute atomic E-state index is 0.0181. The first kappa shape index (κ1) is 11.1. The second-order valence-corrected chi connectivity index (χ2v) is 3.27. The first-order valence-corrected chi connectivity index (χ1v) is 4.48. The monoisotopic (exact) mass is 204 g/mol. The number of Topliss-reactive ketones (excluding diaryl/α,β-unsaturated/α-hetero) is 1. The summed E-state index contributed by atoms with van der Waals surface area (Å²) in [6, 6.07) is 6.54. The lowest BCUT2D eigenvalue weighted by Gasteiger charge is -2.06. The zero-order chi connectivity index (χ0) is 11.4. The molecule has 1 aromatic carbocycles. The Hall–Kier alpha value is -1.97. The Morgan fingerprint density at radius 2 is 1.80 bits per heavy atom. The Kier molecular flexibility index (Phi) is 3.33. The van der Waals surface area contributed by atoms with Gasteiger partial charge in [0.15, 0.2) is 0 Å². The molecule has 0 aliphatic rings. The van der Waals surface area contributed by atoms with Crippen molar-refractivity contribution in [2.45, 2.75) is 13.3 Å². The van der Waals surface area contributed by atoms with E-state index in [-0.39, 0.29) is 23.5 Å². The molecular formula is C11H12N2O2. The summed E-state index contributed by atoms with van der Waals surface area (Å²) in [6.07, 6.45) is 0.0181. The molecule has 0 atom stereocenters. The van der Waals surface area contributed by atoms with Gasteiger partial charge in [-0.3, -0.25) is 9.59 Å².